The first kappa shape index (κ1) is 14.4. The lowest BCUT2D eigenvalue weighted by atomic mass is 10.0. The minimum Gasteiger partial charge on any atom is -0.271 e. The van der Waals surface area contributed by atoms with Crippen LogP contribution in [-0.4, -0.2) is 9.78 Å². The molecule has 2 rings (SSSR count). The lowest BCUT2D eigenvalue weighted by Crippen LogP contribution is -2.31. The van der Waals surface area contributed by atoms with Gasteiger partial charge in [0.1, 0.15) is 11.6 Å². The van der Waals surface area contributed by atoms with E-state index >= 15 is 0 Å². The van der Waals surface area contributed by atoms with Gasteiger partial charge in [0.25, 0.3) is 0 Å². The van der Waals surface area contributed by atoms with Gasteiger partial charge in [0, 0.05) is 12.6 Å². The van der Waals surface area contributed by atoms with Crippen molar-refractivity contribution >= 4 is 27.5 Å². The fraction of sp³-hybridized carbons (Fsp3) is 0.182. The van der Waals surface area contributed by atoms with Crippen LogP contribution in [0.15, 0.2) is 22.8 Å². The zero-order chi connectivity index (χ0) is 14.2. The van der Waals surface area contributed by atoms with Crippen molar-refractivity contribution in [1.82, 2.24) is 15.2 Å². The van der Waals surface area contributed by atoms with Gasteiger partial charge < -0.3 is 0 Å². The number of rotatable bonds is 3. The van der Waals surface area contributed by atoms with Crippen molar-refractivity contribution in [2.75, 3.05) is 0 Å². The molecule has 4 nitrogen and oxygen atoms in total. The summed E-state index contributed by atoms with van der Waals surface area (Å²) in [5, 5.41) is 3.74. The van der Waals surface area contributed by atoms with Crippen LogP contribution < -0.4 is 11.3 Å². The van der Waals surface area contributed by atoms with Crippen LogP contribution in [0.3, 0.4) is 0 Å². The average Bonchev–Trinajstić information content (AvgIpc) is 2.68. The van der Waals surface area contributed by atoms with Crippen molar-refractivity contribution in [3.63, 3.8) is 0 Å². The molecule has 0 aliphatic heterocycles. The van der Waals surface area contributed by atoms with E-state index in [0.29, 0.717) is 10.2 Å². The van der Waals surface area contributed by atoms with Crippen LogP contribution in [-0.2, 0) is 7.05 Å². The second-order valence-corrected chi connectivity index (χ2v) is 5.15. The number of benzene rings is 1. The highest BCUT2D eigenvalue weighted by atomic mass is 79.9. The summed E-state index contributed by atoms with van der Waals surface area (Å²) in [4.78, 5) is 0. The Hall–Kier alpha value is -1.02. The minimum absolute atomic E-state index is 0.0497. The Labute approximate surface area is 121 Å². The number of aryl methyl sites for hydroxylation is 1. The molecule has 0 fully saturated rings. The van der Waals surface area contributed by atoms with Crippen LogP contribution in [0, 0.1) is 11.6 Å². The van der Waals surface area contributed by atoms with Gasteiger partial charge in [-0.05, 0) is 28.1 Å². The van der Waals surface area contributed by atoms with Crippen molar-refractivity contribution in [2.24, 2.45) is 12.9 Å². The molecule has 1 unspecified atom stereocenters. The monoisotopic (exact) mass is 350 g/mol. The number of hydrogen-bond donors (Lipinski definition) is 2. The summed E-state index contributed by atoms with van der Waals surface area (Å²) in [6.07, 6.45) is 1.55. The van der Waals surface area contributed by atoms with Gasteiger partial charge in [-0.1, -0.05) is 11.6 Å². The lowest BCUT2D eigenvalue weighted by molar-refractivity contribution is 0.522. The van der Waals surface area contributed by atoms with Crippen LogP contribution >= 0.6 is 27.5 Å². The summed E-state index contributed by atoms with van der Waals surface area (Å²) in [7, 11) is 1.68. The summed E-state index contributed by atoms with van der Waals surface area (Å²) in [5.41, 5.74) is 3.07. The molecule has 1 heterocycles. The number of hydrazine groups is 1. The predicted octanol–water partition coefficient (Wildman–Crippen LogP) is 2.67. The smallest absolute Gasteiger partial charge is 0.142 e. The van der Waals surface area contributed by atoms with Crippen molar-refractivity contribution in [2.45, 2.75) is 6.04 Å². The fourth-order valence-electron chi connectivity index (χ4n) is 1.82. The highest BCUT2D eigenvalue weighted by Crippen LogP contribution is 2.31. The number of aromatic nitrogens is 2. The quantitative estimate of drug-likeness (QED) is 0.508. The van der Waals surface area contributed by atoms with Crippen LogP contribution in [0.1, 0.15) is 17.3 Å². The molecule has 0 aliphatic carbocycles. The van der Waals surface area contributed by atoms with Crippen LogP contribution in [0.25, 0.3) is 0 Å². The van der Waals surface area contributed by atoms with Gasteiger partial charge in [-0.25, -0.2) is 14.2 Å². The highest BCUT2D eigenvalue weighted by molar-refractivity contribution is 9.10. The number of nitrogens with two attached hydrogens (primary N) is 1. The molecular formula is C11H10BrClF2N4. The fourth-order valence-corrected chi connectivity index (χ4v) is 2.55. The molecule has 102 valence electrons. The molecule has 3 N–H and O–H groups in total. The van der Waals surface area contributed by atoms with Gasteiger partial charge in [-0.15, -0.1) is 0 Å². The molecule has 8 heteroatoms. The van der Waals surface area contributed by atoms with E-state index in [9.17, 15) is 8.78 Å². The second kappa shape index (κ2) is 5.54. The normalized spacial score (nSPS) is 12.7. The Bertz CT molecular complexity index is 597. The molecule has 0 amide bonds. The molecule has 0 saturated heterocycles. The topological polar surface area (TPSA) is 55.9 Å². The molecule has 0 radical (unpaired) electrons. The molecule has 1 atom stereocenters. The van der Waals surface area contributed by atoms with E-state index in [1.807, 2.05) is 0 Å². The van der Waals surface area contributed by atoms with Gasteiger partial charge in [0.05, 0.1) is 27.4 Å². The third-order valence-electron chi connectivity index (χ3n) is 2.73. The summed E-state index contributed by atoms with van der Waals surface area (Å²) in [6, 6.07) is 1.18. The predicted molar refractivity (Wildman–Crippen MR) is 71.4 cm³/mol. The Morgan fingerprint density at radius 3 is 2.63 bits per heavy atom. The maximum Gasteiger partial charge on any atom is 0.142 e. The van der Waals surface area contributed by atoms with Gasteiger partial charge >= 0.3 is 0 Å². The summed E-state index contributed by atoms with van der Waals surface area (Å²) in [5.74, 6) is 4.09. The largest absolute Gasteiger partial charge is 0.271 e. The number of hydrogen-bond acceptors (Lipinski definition) is 3. The highest BCUT2D eigenvalue weighted by Gasteiger charge is 2.24. The third kappa shape index (κ3) is 2.64. The van der Waals surface area contributed by atoms with E-state index < -0.39 is 17.7 Å². The van der Waals surface area contributed by atoms with Gasteiger partial charge in [-0.3, -0.25) is 10.5 Å². The van der Waals surface area contributed by atoms with E-state index in [1.54, 1.807) is 13.2 Å². The lowest BCUT2D eigenvalue weighted by Gasteiger charge is -2.18. The molecule has 0 spiro atoms. The maximum absolute atomic E-state index is 13.9. The Morgan fingerprint density at radius 1 is 1.42 bits per heavy atom. The van der Waals surface area contributed by atoms with Crippen molar-refractivity contribution in [3.05, 3.63) is 50.7 Å². The average molecular weight is 352 g/mol. The Morgan fingerprint density at radius 2 is 2.11 bits per heavy atom. The first-order chi connectivity index (χ1) is 8.95. The molecule has 1 aromatic heterocycles. The van der Waals surface area contributed by atoms with Crippen molar-refractivity contribution in [3.8, 4) is 0 Å². The van der Waals surface area contributed by atoms with E-state index in [4.69, 9.17) is 17.4 Å². The number of nitrogens with zero attached hydrogens (tertiary/aromatic N) is 2. The molecular weight excluding hydrogens is 342 g/mol. The standard InChI is InChI=1S/C11H10BrClF2N4/c1-19-11(6(12)4-17-19)10(18-16)5-2-9(15)7(13)3-8(5)14/h2-4,10,18H,16H2,1H3. The summed E-state index contributed by atoms with van der Waals surface area (Å²) in [6.45, 7) is 0. The van der Waals surface area contributed by atoms with Gasteiger partial charge in [0.2, 0.25) is 0 Å². The van der Waals surface area contributed by atoms with Gasteiger partial charge in [0.15, 0.2) is 0 Å². The van der Waals surface area contributed by atoms with Crippen LogP contribution in [0.4, 0.5) is 8.78 Å². The van der Waals surface area contributed by atoms with E-state index in [0.717, 1.165) is 12.1 Å². The molecule has 1 aromatic carbocycles. The van der Waals surface area contributed by atoms with E-state index in [2.05, 4.69) is 26.5 Å². The maximum atomic E-state index is 13.9. The first-order valence-corrected chi connectivity index (χ1v) is 6.40. The van der Waals surface area contributed by atoms with E-state index in [1.165, 1.54) is 4.68 Å². The van der Waals surface area contributed by atoms with Crippen molar-refractivity contribution in [1.29, 1.82) is 0 Å². The number of nitrogens with one attached hydrogen (secondary N) is 1. The van der Waals surface area contributed by atoms with Crippen LogP contribution in [0.2, 0.25) is 5.02 Å². The number of halogens is 4. The summed E-state index contributed by atoms with van der Waals surface area (Å²) >= 11 is 8.82. The zero-order valence-electron chi connectivity index (χ0n) is 9.79. The van der Waals surface area contributed by atoms with Gasteiger partial charge in [-0.2, -0.15) is 5.10 Å². The molecule has 0 bridgehead atoms. The second-order valence-electron chi connectivity index (χ2n) is 3.89. The third-order valence-corrected chi connectivity index (χ3v) is 3.63. The van der Waals surface area contributed by atoms with E-state index in [-0.39, 0.29) is 10.6 Å². The Kier molecular flexibility index (Phi) is 4.19. The Balaban J connectivity index is 2.58. The van der Waals surface area contributed by atoms with Crippen LogP contribution in [0.5, 0.6) is 0 Å². The molecule has 19 heavy (non-hydrogen) atoms. The minimum atomic E-state index is -0.756. The first-order valence-electron chi connectivity index (χ1n) is 5.23. The molecule has 0 aliphatic rings. The summed E-state index contributed by atoms with van der Waals surface area (Å²) < 4.78 is 29.6. The zero-order valence-corrected chi connectivity index (χ0v) is 12.1. The molecule has 0 saturated carbocycles. The van der Waals surface area contributed by atoms with Crippen molar-refractivity contribution < 1.29 is 8.78 Å². The SMILES string of the molecule is Cn1ncc(Br)c1C(NN)c1cc(F)c(Cl)cc1F. The molecule has 2 aromatic rings.